The van der Waals surface area contributed by atoms with Gasteiger partial charge in [-0.25, -0.2) is 4.79 Å². The Morgan fingerprint density at radius 1 is 1.24 bits per heavy atom. The Balaban J connectivity index is 2.80. The number of esters is 1. The number of ether oxygens (including phenoxy) is 1. The lowest BCUT2D eigenvalue weighted by atomic mass is 9.78. The first-order chi connectivity index (χ1) is 11.8. The number of aliphatic hydroxyl groups excluding tert-OH is 1. The number of nitrogens with zero attached hydrogens (tertiary/aromatic N) is 1. The van der Waals surface area contributed by atoms with Gasteiger partial charge in [-0.05, 0) is 13.8 Å². The molecule has 0 fully saturated rings. The number of hydrogen-bond acceptors (Lipinski definition) is 7. The molecule has 0 bridgehead atoms. The fraction of sp³-hybridized carbons (Fsp3) is 0.294. The lowest BCUT2D eigenvalue weighted by molar-refractivity contribution is -0.385. The molecule has 1 unspecified atom stereocenters. The maximum atomic E-state index is 12.3. The predicted molar refractivity (Wildman–Crippen MR) is 88.5 cm³/mol. The number of allylic oxidation sites excluding steroid dienone is 2. The van der Waals surface area contributed by atoms with E-state index in [0.717, 1.165) is 0 Å². The average molecular weight is 346 g/mol. The van der Waals surface area contributed by atoms with Crippen LogP contribution in [0.5, 0.6) is 0 Å². The van der Waals surface area contributed by atoms with E-state index >= 15 is 0 Å². The van der Waals surface area contributed by atoms with Crippen LogP contribution in [-0.4, -0.2) is 35.5 Å². The zero-order valence-electron chi connectivity index (χ0n) is 14.0. The molecule has 1 atom stereocenters. The van der Waals surface area contributed by atoms with Crippen LogP contribution in [0, 0.1) is 10.1 Å². The molecule has 1 aromatic rings. The summed E-state index contributed by atoms with van der Waals surface area (Å²) in [5.74, 6) is -2.33. The molecule has 132 valence electrons. The van der Waals surface area contributed by atoms with E-state index in [0.29, 0.717) is 11.4 Å². The summed E-state index contributed by atoms with van der Waals surface area (Å²) in [6.45, 7) is 2.46. The number of nitrogens with one attached hydrogen (secondary N) is 1. The van der Waals surface area contributed by atoms with E-state index < -0.39 is 29.2 Å². The number of nitro benzene ring substituents is 1. The maximum Gasteiger partial charge on any atom is 0.336 e. The molecule has 2 N–H and O–H groups in total. The van der Waals surface area contributed by atoms with Gasteiger partial charge in [0.2, 0.25) is 0 Å². The Kier molecular flexibility index (Phi) is 5.33. The van der Waals surface area contributed by atoms with Gasteiger partial charge in [0.25, 0.3) is 5.69 Å². The van der Waals surface area contributed by atoms with Crippen LogP contribution < -0.4 is 5.32 Å². The second-order valence-corrected chi connectivity index (χ2v) is 5.52. The third kappa shape index (κ3) is 3.29. The fourth-order valence-electron chi connectivity index (χ4n) is 3.04. The minimum Gasteiger partial charge on any atom is -0.466 e. The number of nitro groups is 1. The maximum absolute atomic E-state index is 12.3. The summed E-state index contributed by atoms with van der Waals surface area (Å²) in [4.78, 5) is 35.5. The van der Waals surface area contributed by atoms with Crippen LogP contribution in [0.25, 0.3) is 0 Å². The van der Waals surface area contributed by atoms with Crippen molar-refractivity contribution in [3.63, 3.8) is 0 Å². The van der Waals surface area contributed by atoms with Crippen LogP contribution >= 0.6 is 0 Å². The van der Waals surface area contributed by atoms with Crippen molar-refractivity contribution in [2.24, 2.45) is 0 Å². The summed E-state index contributed by atoms with van der Waals surface area (Å²) in [6, 6.07) is 5.88. The molecule has 25 heavy (non-hydrogen) atoms. The monoisotopic (exact) mass is 346 g/mol. The number of carbonyl (C=O) groups is 2. The molecule has 0 aromatic heterocycles. The summed E-state index contributed by atoms with van der Waals surface area (Å²) < 4.78 is 4.81. The predicted octanol–water partition coefficient (Wildman–Crippen LogP) is 1.56. The number of carbonyl (C=O) groups excluding carboxylic acids is 2. The molecule has 1 heterocycles. The summed E-state index contributed by atoms with van der Waals surface area (Å²) >= 11 is 0. The van der Waals surface area contributed by atoms with Crippen molar-refractivity contribution >= 4 is 17.4 Å². The van der Waals surface area contributed by atoms with Crippen LogP contribution in [0.3, 0.4) is 0 Å². The second-order valence-electron chi connectivity index (χ2n) is 5.52. The molecule has 0 aliphatic carbocycles. The zero-order valence-corrected chi connectivity index (χ0v) is 14.0. The van der Waals surface area contributed by atoms with Gasteiger partial charge < -0.3 is 15.2 Å². The molecule has 1 aromatic carbocycles. The Morgan fingerprint density at radius 2 is 1.84 bits per heavy atom. The first-order valence-corrected chi connectivity index (χ1v) is 7.47. The Morgan fingerprint density at radius 3 is 2.40 bits per heavy atom. The summed E-state index contributed by atoms with van der Waals surface area (Å²) in [5, 5.41) is 23.7. The first-order valence-electron chi connectivity index (χ1n) is 7.47. The Labute approximate surface area is 143 Å². The Hall–Kier alpha value is -3.00. The van der Waals surface area contributed by atoms with E-state index in [-0.39, 0.29) is 22.4 Å². The van der Waals surface area contributed by atoms with Crippen LogP contribution in [0.2, 0.25) is 0 Å². The third-order valence-corrected chi connectivity index (χ3v) is 4.05. The molecule has 2 rings (SSSR count). The van der Waals surface area contributed by atoms with Crippen molar-refractivity contribution in [1.82, 2.24) is 5.32 Å². The third-order valence-electron chi connectivity index (χ3n) is 4.05. The van der Waals surface area contributed by atoms with Crippen molar-refractivity contribution < 1.29 is 24.4 Å². The highest BCUT2D eigenvalue weighted by Gasteiger charge is 2.39. The van der Waals surface area contributed by atoms with Gasteiger partial charge in [-0.15, -0.1) is 0 Å². The molecule has 0 spiro atoms. The minimum absolute atomic E-state index is 0.0965. The van der Waals surface area contributed by atoms with Gasteiger partial charge >= 0.3 is 5.97 Å². The molecule has 0 radical (unpaired) electrons. The van der Waals surface area contributed by atoms with Gasteiger partial charge in [-0.3, -0.25) is 14.9 Å². The van der Waals surface area contributed by atoms with Gasteiger partial charge in [0, 0.05) is 28.6 Å². The van der Waals surface area contributed by atoms with Crippen LogP contribution in [-0.2, 0) is 14.3 Å². The van der Waals surface area contributed by atoms with Crippen LogP contribution in [0.1, 0.15) is 25.3 Å². The van der Waals surface area contributed by atoms with Gasteiger partial charge in [-0.1, -0.05) is 18.2 Å². The zero-order chi connectivity index (χ0) is 18.7. The number of Topliss-reactive ketones (excluding diaryl/α,β-unsaturated/α-hetero) is 1. The van der Waals surface area contributed by atoms with E-state index in [1.54, 1.807) is 19.9 Å². The molecule has 0 saturated carbocycles. The van der Waals surface area contributed by atoms with E-state index in [4.69, 9.17) is 4.74 Å². The number of aliphatic hydroxyl groups is 1. The minimum atomic E-state index is -1.00. The summed E-state index contributed by atoms with van der Waals surface area (Å²) in [7, 11) is 1.19. The normalized spacial score (nSPS) is 17.2. The smallest absolute Gasteiger partial charge is 0.336 e. The lowest BCUT2D eigenvalue weighted by Gasteiger charge is -2.30. The molecule has 8 heteroatoms. The topological polar surface area (TPSA) is 119 Å². The summed E-state index contributed by atoms with van der Waals surface area (Å²) in [5.41, 5.74) is 1.01. The quantitative estimate of drug-likeness (QED) is 0.472. The van der Waals surface area contributed by atoms with Crippen molar-refractivity contribution in [3.05, 3.63) is 62.5 Å². The number of ketones is 1. The largest absolute Gasteiger partial charge is 0.466 e. The molecular weight excluding hydrogens is 328 g/mol. The van der Waals surface area contributed by atoms with Crippen molar-refractivity contribution in [3.8, 4) is 0 Å². The number of methoxy groups -OCH3 is 1. The van der Waals surface area contributed by atoms with E-state index in [2.05, 4.69) is 5.32 Å². The number of rotatable bonds is 5. The highest BCUT2D eigenvalue weighted by Crippen LogP contribution is 2.42. The average Bonchev–Trinajstić information content (AvgIpc) is 2.59. The number of para-hydroxylation sites is 1. The molecule has 1 aliphatic heterocycles. The SMILES string of the molecule is COC(=O)C1=C(C)NC(C)=C(C(=O)CO)C1c1ccccc1[N+](=O)[O-]. The number of hydrogen-bond donors (Lipinski definition) is 2. The molecule has 0 amide bonds. The standard InChI is InChI=1S/C17H18N2O6/c1-9-14(13(21)8-20)16(15(10(2)18-9)17(22)25-3)11-6-4-5-7-12(11)19(23)24/h4-7,16,18,20H,8H2,1-3H3. The van der Waals surface area contributed by atoms with Crippen molar-refractivity contribution in [1.29, 1.82) is 0 Å². The van der Waals surface area contributed by atoms with Gasteiger partial charge in [-0.2, -0.15) is 0 Å². The number of benzene rings is 1. The second kappa shape index (κ2) is 7.27. The fourth-order valence-corrected chi connectivity index (χ4v) is 3.04. The lowest BCUT2D eigenvalue weighted by Crippen LogP contribution is -2.32. The van der Waals surface area contributed by atoms with E-state index in [1.807, 2.05) is 0 Å². The highest BCUT2D eigenvalue weighted by atomic mass is 16.6. The molecule has 0 saturated heterocycles. The van der Waals surface area contributed by atoms with Crippen molar-refractivity contribution in [2.45, 2.75) is 19.8 Å². The van der Waals surface area contributed by atoms with Gasteiger partial charge in [0.1, 0.15) is 6.61 Å². The van der Waals surface area contributed by atoms with E-state index in [9.17, 15) is 24.8 Å². The van der Waals surface area contributed by atoms with Crippen LogP contribution in [0.15, 0.2) is 46.8 Å². The molecule has 1 aliphatic rings. The molecule has 8 nitrogen and oxygen atoms in total. The Bertz CT molecular complexity index is 771. The highest BCUT2D eigenvalue weighted by molar-refractivity contribution is 6.03. The van der Waals surface area contributed by atoms with Crippen molar-refractivity contribution in [2.75, 3.05) is 13.7 Å². The van der Waals surface area contributed by atoms with Gasteiger partial charge in [0.05, 0.1) is 23.5 Å². The first kappa shape index (κ1) is 18.3. The summed E-state index contributed by atoms with van der Waals surface area (Å²) in [6.07, 6.45) is 0. The number of dihydropyridines is 1. The van der Waals surface area contributed by atoms with Gasteiger partial charge in [0.15, 0.2) is 5.78 Å². The van der Waals surface area contributed by atoms with Crippen LogP contribution in [0.4, 0.5) is 5.69 Å². The van der Waals surface area contributed by atoms with E-state index in [1.165, 1.54) is 25.3 Å². The molecular formula is C17H18N2O6.